The molecule has 0 saturated heterocycles. The topological polar surface area (TPSA) is 94.3 Å². The van der Waals surface area contributed by atoms with E-state index in [0.29, 0.717) is 18.7 Å². The van der Waals surface area contributed by atoms with Crippen molar-refractivity contribution in [1.82, 2.24) is 4.57 Å². The Morgan fingerprint density at radius 3 is 2.65 bits per heavy atom. The lowest BCUT2D eigenvalue weighted by Crippen LogP contribution is -2.06. The first-order chi connectivity index (χ1) is 9.58. The lowest BCUT2D eigenvalue weighted by atomic mass is 10.0. The van der Waals surface area contributed by atoms with Gasteiger partial charge < -0.3 is 21.1 Å². The number of hydrogen-bond donors (Lipinski definition) is 3. The smallest absolute Gasteiger partial charge is 0.336 e. The summed E-state index contributed by atoms with van der Waals surface area (Å²) in [5, 5.41) is 10.3. The van der Waals surface area contributed by atoms with E-state index in [2.05, 4.69) is 10.8 Å². The number of hydrogen-bond acceptors (Lipinski definition) is 3. The average molecular weight is 275 g/mol. The van der Waals surface area contributed by atoms with E-state index in [4.69, 9.17) is 11.5 Å². The zero-order chi connectivity index (χ0) is 14.7. The maximum atomic E-state index is 11.3. The van der Waals surface area contributed by atoms with E-state index < -0.39 is 5.97 Å². The van der Waals surface area contributed by atoms with Crippen molar-refractivity contribution in [2.75, 3.05) is 13.1 Å². The van der Waals surface area contributed by atoms with Crippen LogP contribution >= 0.6 is 0 Å². The van der Waals surface area contributed by atoms with Crippen LogP contribution in [0, 0.1) is 6.92 Å². The maximum Gasteiger partial charge on any atom is 0.336 e. The van der Waals surface area contributed by atoms with Crippen LogP contribution in [-0.4, -0.2) is 28.7 Å². The van der Waals surface area contributed by atoms with E-state index in [0.717, 1.165) is 35.9 Å². The molecule has 0 atom stereocenters. The van der Waals surface area contributed by atoms with E-state index in [9.17, 15) is 9.90 Å². The Hall–Kier alpha value is -1.85. The molecule has 0 unspecified atom stereocenters. The minimum atomic E-state index is -0.892. The first-order valence-electron chi connectivity index (χ1n) is 6.84. The van der Waals surface area contributed by atoms with E-state index in [1.807, 2.05) is 13.0 Å². The van der Waals surface area contributed by atoms with Gasteiger partial charge in [0.25, 0.3) is 0 Å². The van der Waals surface area contributed by atoms with Crippen LogP contribution in [0.5, 0.6) is 0 Å². The first-order valence-corrected chi connectivity index (χ1v) is 6.84. The fraction of sp³-hybridized carbons (Fsp3) is 0.400. The second kappa shape index (κ2) is 6.07. The molecular weight excluding hydrogens is 254 g/mol. The summed E-state index contributed by atoms with van der Waals surface area (Å²) in [6, 6.07) is 3.70. The zero-order valence-corrected chi connectivity index (χ0v) is 11.7. The number of aromatic carboxylic acids is 1. The van der Waals surface area contributed by atoms with Gasteiger partial charge in [0.15, 0.2) is 0 Å². The van der Waals surface area contributed by atoms with Crippen LogP contribution in [-0.2, 0) is 13.0 Å². The molecule has 2 aromatic rings. The molecule has 0 aliphatic heterocycles. The molecule has 1 aromatic heterocycles. The third-order valence-electron chi connectivity index (χ3n) is 3.56. The Labute approximate surface area is 118 Å². The quantitative estimate of drug-likeness (QED) is 0.744. The number of nitrogens with zero attached hydrogens (tertiary/aromatic N) is 1. The molecule has 5 heteroatoms. The highest BCUT2D eigenvalue weighted by molar-refractivity contribution is 5.96. The third-order valence-corrected chi connectivity index (χ3v) is 3.56. The van der Waals surface area contributed by atoms with Gasteiger partial charge in [0.2, 0.25) is 0 Å². The van der Waals surface area contributed by atoms with Crippen molar-refractivity contribution in [3.63, 3.8) is 0 Å². The molecule has 1 aromatic carbocycles. The molecule has 0 aliphatic carbocycles. The van der Waals surface area contributed by atoms with Crippen LogP contribution < -0.4 is 11.5 Å². The van der Waals surface area contributed by atoms with Crippen molar-refractivity contribution >= 4 is 16.9 Å². The van der Waals surface area contributed by atoms with Gasteiger partial charge in [0.1, 0.15) is 0 Å². The van der Waals surface area contributed by atoms with Gasteiger partial charge in [-0.25, -0.2) is 4.79 Å². The fourth-order valence-electron chi connectivity index (χ4n) is 2.55. The first kappa shape index (κ1) is 14.6. The maximum absolute atomic E-state index is 11.3. The number of rotatable bonds is 6. The van der Waals surface area contributed by atoms with Gasteiger partial charge in [-0.3, -0.25) is 0 Å². The molecule has 0 fully saturated rings. The van der Waals surface area contributed by atoms with E-state index in [1.54, 1.807) is 6.07 Å². The van der Waals surface area contributed by atoms with Crippen LogP contribution in [0.4, 0.5) is 0 Å². The minimum absolute atomic E-state index is 0.351. The molecule has 2 rings (SSSR count). The molecule has 0 aliphatic rings. The molecule has 1 heterocycles. The van der Waals surface area contributed by atoms with Gasteiger partial charge in [-0.05, 0) is 56.1 Å². The predicted molar refractivity (Wildman–Crippen MR) is 80.1 cm³/mol. The second-order valence-corrected chi connectivity index (χ2v) is 5.02. The lowest BCUT2D eigenvalue weighted by molar-refractivity contribution is 0.0696. The van der Waals surface area contributed by atoms with Crippen LogP contribution in [0.15, 0.2) is 18.3 Å². The highest BCUT2D eigenvalue weighted by atomic mass is 16.4. The second-order valence-electron chi connectivity index (χ2n) is 5.02. The zero-order valence-electron chi connectivity index (χ0n) is 11.7. The number of aryl methyl sites for hydroxylation is 2. The van der Waals surface area contributed by atoms with Crippen molar-refractivity contribution in [3.8, 4) is 0 Å². The summed E-state index contributed by atoms with van der Waals surface area (Å²) in [7, 11) is 0. The van der Waals surface area contributed by atoms with Crippen LogP contribution in [0.1, 0.15) is 27.9 Å². The summed E-state index contributed by atoms with van der Waals surface area (Å²) in [5.41, 5.74) is 14.5. The summed E-state index contributed by atoms with van der Waals surface area (Å²) < 4.78 is 2.08. The van der Waals surface area contributed by atoms with Crippen molar-refractivity contribution in [2.45, 2.75) is 26.3 Å². The minimum Gasteiger partial charge on any atom is -0.478 e. The van der Waals surface area contributed by atoms with Crippen LogP contribution in [0.25, 0.3) is 10.9 Å². The summed E-state index contributed by atoms with van der Waals surface area (Å²) >= 11 is 0. The molecular formula is C15H21N3O2. The molecule has 20 heavy (non-hydrogen) atoms. The average Bonchev–Trinajstić information content (AvgIpc) is 2.73. The Kier molecular flexibility index (Phi) is 4.42. The molecule has 0 saturated carbocycles. The van der Waals surface area contributed by atoms with Crippen molar-refractivity contribution < 1.29 is 9.90 Å². The number of carboxylic acid groups (broad SMARTS) is 1. The molecule has 5 nitrogen and oxygen atoms in total. The van der Waals surface area contributed by atoms with Crippen molar-refractivity contribution in [1.29, 1.82) is 0 Å². The standard InChI is InChI=1S/C15H21N3O2/c1-10-7-13-11(3-5-17)9-18(6-2-4-16)14(13)8-12(10)15(19)20/h7-9H,2-6,16-17H2,1H3,(H,19,20). The number of nitrogens with two attached hydrogens (primary N) is 2. The van der Waals surface area contributed by atoms with E-state index in [1.165, 1.54) is 5.56 Å². The van der Waals surface area contributed by atoms with E-state index in [-0.39, 0.29) is 0 Å². The number of fused-ring (bicyclic) bond motifs is 1. The van der Waals surface area contributed by atoms with Crippen molar-refractivity contribution in [3.05, 3.63) is 35.0 Å². The van der Waals surface area contributed by atoms with E-state index >= 15 is 0 Å². The molecule has 0 bridgehead atoms. The van der Waals surface area contributed by atoms with Gasteiger partial charge in [-0.2, -0.15) is 0 Å². The summed E-state index contributed by atoms with van der Waals surface area (Å²) in [4.78, 5) is 11.3. The van der Waals surface area contributed by atoms with Crippen molar-refractivity contribution in [2.24, 2.45) is 11.5 Å². The summed E-state index contributed by atoms with van der Waals surface area (Å²) in [6.07, 6.45) is 3.72. The Bertz CT molecular complexity index is 632. The van der Waals surface area contributed by atoms with Crippen LogP contribution in [0.2, 0.25) is 0 Å². The van der Waals surface area contributed by atoms with Gasteiger partial charge in [0, 0.05) is 23.6 Å². The molecule has 0 spiro atoms. The molecule has 0 amide bonds. The largest absolute Gasteiger partial charge is 0.478 e. The number of aromatic nitrogens is 1. The lowest BCUT2D eigenvalue weighted by Gasteiger charge is -2.06. The summed E-state index contributed by atoms with van der Waals surface area (Å²) in [6.45, 7) is 3.81. The predicted octanol–water partition coefficient (Wildman–Crippen LogP) is 1.50. The molecule has 5 N–H and O–H groups in total. The Morgan fingerprint density at radius 1 is 1.30 bits per heavy atom. The van der Waals surface area contributed by atoms with Gasteiger partial charge in [0.05, 0.1) is 5.56 Å². The molecule has 108 valence electrons. The SMILES string of the molecule is Cc1cc2c(CCN)cn(CCCN)c2cc1C(=O)O. The number of carbonyl (C=O) groups is 1. The fourth-order valence-corrected chi connectivity index (χ4v) is 2.55. The summed E-state index contributed by atoms with van der Waals surface area (Å²) in [5.74, 6) is -0.892. The number of carboxylic acids is 1. The molecule has 0 radical (unpaired) electrons. The van der Waals surface area contributed by atoms with Crippen LogP contribution in [0.3, 0.4) is 0 Å². The third kappa shape index (κ3) is 2.69. The highest BCUT2D eigenvalue weighted by Gasteiger charge is 2.14. The van der Waals surface area contributed by atoms with Gasteiger partial charge in [-0.1, -0.05) is 0 Å². The number of benzene rings is 1. The normalized spacial score (nSPS) is 11.2. The highest BCUT2D eigenvalue weighted by Crippen LogP contribution is 2.26. The van der Waals surface area contributed by atoms with Gasteiger partial charge >= 0.3 is 5.97 Å². The Balaban J connectivity index is 2.60. The van der Waals surface area contributed by atoms with Gasteiger partial charge in [-0.15, -0.1) is 0 Å². The monoisotopic (exact) mass is 275 g/mol. The Morgan fingerprint density at radius 2 is 2.05 bits per heavy atom.